The summed E-state index contributed by atoms with van der Waals surface area (Å²) in [4.78, 5) is 11.3. The minimum atomic E-state index is -4.86. The molecule has 3 N–H and O–H groups in total. The molecule has 1 aromatic carbocycles. The second-order valence-corrected chi connectivity index (χ2v) is 3.71. The van der Waals surface area contributed by atoms with Gasteiger partial charge in [-0.3, -0.25) is 10.2 Å². The summed E-state index contributed by atoms with van der Waals surface area (Å²) in [7, 11) is 1.27. The van der Waals surface area contributed by atoms with Gasteiger partial charge in [-0.25, -0.2) is 10.2 Å². The lowest BCUT2D eigenvalue weighted by molar-refractivity contribution is -0.140. The molecule has 1 rings (SSSR count). The fourth-order valence-corrected chi connectivity index (χ4v) is 1.37. The third kappa shape index (κ3) is 4.07. The van der Waals surface area contributed by atoms with Crippen LogP contribution in [0.1, 0.15) is 5.56 Å². The topological polar surface area (TPSA) is 73.6 Å². The minimum absolute atomic E-state index is 0.234. The van der Waals surface area contributed by atoms with Crippen molar-refractivity contribution < 1.29 is 31.8 Å². The van der Waals surface area contributed by atoms with Crippen molar-refractivity contribution in [3.63, 3.8) is 0 Å². The zero-order valence-corrected chi connectivity index (χ0v) is 10.3. The number of hydrogen-bond donors (Lipinski definition) is 2. The molecule has 112 valence electrons. The molecule has 0 radical (unpaired) electrons. The maximum Gasteiger partial charge on any atom is 0.419 e. The molecule has 0 aliphatic rings. The molecule has 1 amide bonds. The van der Waals surface area contributed by atoms with Crippen molar-refractivity contribution in [3.05, 3.63) is 29.6 Å². The SMILES string of the molecule is COCC(Oc1ccc(F)c(C(F)(F)F)c1)C(=O)NN. The number of amides is 1. The summed E-state index contributed by atoms with van der Waals surface area (Å²) in [6.07, 6.45) is -6.12. The van der Waals surface area contributed by atoms with E-state index in [4.69, 9.17) is 10.6 Å². The molecule has 0 heterocycles. The number of nitrogens with one attached hydrogen (secondary N) is 1. The maximum atomic E-state index is 13.1. The van der Waals surface area contributed by atoms with E-state index in [1.54, 1.807) is 5.43 Å². The molecule has 1 atom stereocenters. The van der Waals surface area contributed by atoms with E-state index in [0.717, 1.165) is 6.07 Å². The average molecular weight is 296 g/mol. The number of methoxy groups -OCH3 is 1. The van der Waals surface area contributed by atoms with Gasteiger partial charge in [-0.1, -0.05) is 0 Å². The molecule has 0 bridgehead atoms. The zero-order chi connectivity index (χ0) is 15.3. The largest absolute Gasteiger partial charge is 0.478 e. The van der Waals surface area contributed by atoms with Crippen LogP contribution in [0.4, 0.5) is 17.6 Å². The minimum Gasteiger partial charge on any atom is -0.478 e. The second kappa shape index (κ2) is 6.53. The molecule has 0 spiro atoms. The van der Waals surface area contributed by atoms with E-state index < -0.39 is 29.6 Å². The van der Waals surface area contributed by atoms with Crippen LogP contribution in [0, 0.1) is 5.82 Å². The third-order valence-corrected chi connectivity index (χ3v) is 2.27. The Bertz CT molecular complexity index is 479. The van der Waals surface area contributed by atoms with Gasteiger partial charge in [0.05, 0.1) is 12.2 Å². The summed E-state index contributed by atoms with van der Waals surface area (Å²) >= 11 is 0. The van der Waals surface area contributed by atoms with Crippen LogP contribution in [-0.4, -0.2) is 25.7 Å². The Morgan fingerprint density at radius 1 is 1.45 bits per heavy atom. The highest BCUT2D eigenvalue weighted by Gasteiger charge is 2.34. The normalized spacial score (nSPS) is 12.9. The first-order valence-electron chi connectivity index (χ1n) is 5.32. The van der Waals surface area contributed by atoms with Gasteiger partial charge in [0, 0.05) is 7.11 Å². The van der Waals surface area contributed by atoms with E-state index >= 15 is 0 Å². The number of alkyl halides is 3. The van der Waals surface area contributed by atoms with Gasteiger partial charge in [-0.15, -0.1) is 0 Å². The molecule has 9 heteroatoms. The summed E-state index contributed by atoms with van der Waals surface area (Å²) in [5.41, 5.74) is 0.299. The summed E-state index contributed by atoms with van der Waals surface area (Å²) in [6.45, 7) is -0.234. The van der Waals surface area contributed by atoms with Gasteiger partial charge in [0.15, 0.2) is 0 Å². The summed E-state index contributed by atoms with van der Waals surface area (Å²) < 4.78 is 60.3. The number of hydrazine groups is 1. The number of carbonyl (C=O) groups is 1. The Kier molecular flexibility index (Phi) is 5.28. The van der Waals surface area contributed by atoms with Crippen molar-refractivity contribution in [1.82, 2.24) is 5.43 Å². The van der Waals surface area contributed by atoms with Crippen molar-refractivity contribution in [3.8, 4) is 5.75 Å². The van der Waals surface area contributed by atoms with Crippen LogP contribution in [0.5, 0.6) is 5.75 Å². The van der Waals surface area contributed by atoms with E-state index in [2.05, 4.69) is 4.74 Å². The van der Waals surface area contributed by atoms with E-state index in [9.17, 15) is 22.4 Å². The lowest BCUT2D eigenvalue weighted by Crippen LogP contribution is -2.44. The van der Waals surface area contributed by atoms with Gasteiger partial charge in [-0.2, -0.15) is 13.2 Å². The third-order valence-electron chi connectivity index (χ3n) is 2.27. The number of rotatable bonds is 5. The standard InChI is InChI=1S/C11H12F4N2O3/c1-19-5-9(10(18)17-16)20-6-2-3-8(12)7(4-6)11(13,14)15/h2-4,9H,5,16H2,1H3,(H,17,18). The van der Waals surface area contributed by atoms with E-state index in [0.29, 0.717) is 12.1 Å². The van der Waals surface area contributed by atoms with Crippen molar-refractivity contribution >= 4 is 5.91 Å². The van der Waals surface area contributed by atoms with E-state index in [1.807, 2.05) is 0 Å². The molecule has 0 saturated carbocycles. The Hall–Kier alpha value is -1.87. The molecular weight excluding hydrogens is 284 g/mol. The molecular formula is C11H12F4N2O3. The maximum absolute atomic E-state index is 13.1. The molecule has 0 aromatic heterocycles. The van der Waals surface area contributed by atoms with Gasteiger partial charge in [0.1, 0.15) is 11.6 Å². The first-order chi connectivity index (χ1) is 9.29. The molecule has 0 aliphatic heterocycles. The first kappa shape index (κ1) is 16.2. The van der Waals surface area contributed by atoms with Crippen LogP contribution in [0.2, 0.25) is 0 Å². The quantitative estimate of drug-likeness (QED) is 0.371. The molecule has 1 aromatic rings. The van der Waals surface area contributed by atoms with E-state index in [1.165, 1.54) is 7.11 Å². The number of ether oxygens (including phenoxy) is 2. The fourth-order valence-electron chi connectivity index (χ4n) is 1.37. The molecule has 0 saturated heterocycles. The number of hydrogen-bond acceptors (Lipinski definition) is 4. The predicted molar refractivity (Wildman–Crippen MR) is 60.0 cm³/mol. The molecule has 0 fully saturated rings. The Morgan fingerprint density at radius 3 is 2.60 bits per heavy atom. The van der Waals surface area contributed by atoms with Gasteiger partial charge >= 0.3 is 6.18 Å². The van der Waals surface area contributed by atoms with Crippen molar-refractivity contribution in [2.45, 2.75) is 12.3 Å². The monoisotopic (exact) mass is 296 g/mol. The van der Waals surface area contributed by atoms with Crippen molar-refractivity contribution in [2.75, 3.05) is 13.7 Å². The smallest absolute Gasteiger partial charge is 0.419 e. The van der Waals surface area contributed by atoms with Gasteiger partial charge in [0.2, 0.25) is 6.10 Å². The first-order valence-corrected chi connectivity index (χ1v) is 5.32. The number of carbonyl (C=O) groups excluding carboxylic acids is 1. The van der Waals surface area contributed by atoms with Crippen LogP contribution in [-0.2, 0) is 15.7 Å². The highest BCUT2D eigenvalue weighted by Crippen LogP contribution is 2.33. The summed E-state index contributed by atoms with van der Waals surface area (Å²) in [5, 5.41) is 0. The Balaban J connectivity index is 2.99. The van der Waals surface area contributed by atoms with E-state index in [-0.39, 0.29) is 12.4 Å². The van der Waals surface area contributed by atoms with Gasteiger partial charge < -0.3 is 9.47 Å². The van der Waals surface area contributed by atoms with Crippen LogP contribution >= 0.6 is 0 Å². The van der Waals surface area contributed by atoms with Gasteiger partial charge in [0.25, 0.3) is 5.91 Å². The molecule has 5 nitrogen and oxygen atoms in total. The van der Waals surface area contributed by atoms with Crippen LogP contribution in [0.25, 0.3) is 0 Å². The lowest BCUT2D eigenvalue weighted by atomic mass is 10.2. The van der Waals surface area contributed by atoms with Crippen LogP contribution in [0.3, 0.4) is 0 Å². The highest BCUT2D eigenvalue weighted by atomic mass is 19.4. The van der Waals surface area contributed by atoms with Crippen molar-refractivity contribution in [2.24, 2.45) is 5.84 Å². The lowest BCUT2D eigenvalue weighted by Gasteiger charge is -2.17. The number of benzene rings is 1. The number of nitrogens with two attached hydrogens (primary N) is 1. The average Bonchev–Trinajstić information content (AvgIpc) is 2.38. The number of halogens is 4. The molecule has 20 heavy (non-hydrogen) atoms. The summed E-state index contributed by atoms with van der Waals surface area (Å²) in [5.74, 6) is 2.35. The van der Waals surface area contributed by atoms with Crippen LogP contribution in [0.15, 0.2) is 18.2 Å². The summed E-state index contributed by atoms with van der Waals surface area (Å²) in [6, 6.07) is 2.03. The van der Waals surface area contributed by atoms with Crippen LogP contribution < -0.4 is 16.0 Å². The highest BCUT2D eigenvalue weighted by molar-refractivity contribution is 5.80. The Labute approximate surface area is 111 Å². The molecule has 0 aliphatic carbocycles. The second-order valence-electron chi connectivity index (χ2n) is 3.71. The fraction of sp³-hybridized carbons (Fsp3) is 0.364. The predicted octanol–water partition coefficient (Wildman–Crippen LogP) is 1.23. The van der Waals surface area contributed by atoms with Gasteiger partial charge in [-0.05, 0) is 18.2 Å². The zero-order valence-electron chi connectivity index (χ0n) is 10.3. The van der Waals surface area contributed by atoms with Crippen molar-refractivity contribution in [1.29, 1.82) is 0 Å². The molecule has 1 unspecified atom stereocenters. The Morgan fingerprint density at radius 2 is 2.10 bits per heavy atom.